The molecule has 2 heterocycles. The summed E-state index contributed by atoms with van der Waals surface area (Å²) in [6.45, 7) is 0. The van der Waals surface area contributed by atoms with E-state index in [4.69, 9.17) is 11.6 Å². The third-order valence-corrected chi connectivity index (χ3v) is 6.74. The summed E-state index contributed by atoms with van der Waals surface area (Å²) in [7, 11) is 0. The Hall–Kier alpha value is -2.86. The van der Waals surface area contributed by atoms with Crippen molar-refractivity contribution >= 4 is 34.2 Å². The van der Waals surface area contributed by atoms with Crippen molar-refractivity contribution in [2.24, 2.45) is 11.8 Å². The molecule has 2 aliphatic rings. The number of pyridine rings is 2. The molecule has 7 heteroatoms. The first-order valence-electron chi connectivity index (χ1n) is 10.3. The minimum absolute atomic E-state index is 0.264. The van der Waals surface area contributed by atoms with Gasteiger partial charge in [0.05, 0.1) is 10.5 Å². The second-order valence-electron chi connectivity index (χ2n) is 8.39. The monoisotopic (exact) mass is 439 g/mol. The minimum Gasteiger partial charge on any atom is -0.305 e. The molecule has 0 radical (unpaired) electrons. The molecule has 4 nitrogen and oxygen atoms in total. The van der Waals surface area contributed by atoms with Gasteiger partial charge >= 0.3 is 0 Å². The third-order valence-electron chi connectivity index (χ3n) is 6.51. The molecule has 0 spiro atoms. The normalized spacial score (nSPS) is 24.3. The largest absolute Gasteiger partial charge is 0.305 e. The maximum absolute atomic E-state index is 14.8. The Bertz CT molecular complexity index is 1180. The van der Waals surface area contributed by atoms with E-state index in [1.165, 1.54) is 18.3 Å². The Morgan fingerprint density at radius 3 is 2.55 bits per heavy atom. The van der Waals surface area contributed by atoms with Gasteiger partial charge in [-0.25, -0.2) is 13.8 Å². The first-order valence-corrected chi connectivity index (χ1v) is 10.7. The lowest BCUT2D eigenvalue weighted by molar-refractivity contribution is -0.114. The number of hydrogen-bond acceptors (Lipinski definition) is 3. The summed E-state index contributed by atoms with van der Waals surface area (Å²) in [5, 5.41) is 3.78. The number of hydrogen-bond donors (Lipinski definition) is 1. The number of nitrogens with zero attached hydrogens (tertiary/aromatic N) is 2. The van der Waals surface area contributed by atoms with Crippen LogP contribution in [0.4, 0.5) is 14.6 Å². The zero-order chi connectivity index (χ0) is 21.5. The van der Waals surface area contributed by atoms with Crippen LogP contribution in [0, 0.1) is 17.7 Å². The van der Waals surface area contributed by atoms with E-state index in [1.807, 2.05) is 6.07 Å². The second-order valence-corrected chi connectivity index (χ2v) is 8.83. The fourth-order valence-electron chi connectivity index (χ4n) is 5.14. The lowest BCUT2D eigenvalue weighted by Crippen LogP contribution is -2.14. The zero-order valence-electron chi connectivity index (χ0n) is 16.6. The zero-order valence-corrected chi connectivity index (χ0v) is 17.4. The number of fused-ring (bicyclic) bond motifs is 2. The third kappa shape index (κ3) is 3.92. The first kappa shape index (κ1) is 20.1. The maximum atomic E-state index is 14.8. The van der Waals surface area contributed by atoms with Gasteiger partial charge in [0.1, 0.15) is 11.6 Å². The summed E-state index contributed by atoms with van der Waals surface area (Å²) in [4.78, 5) is 20.6. The Kier molecular flexibility index (Phi) is 5.18. The van der Waals surface area contributed by atoms with E-state index >= 15 is 0 Å². The molecule has 2 saturated carbocycles. The molecule has 1 aromatic carbocycles. The van der Waals surface area contributed by atoms with Gasteiger partial charge in [-0.1, -0.05) is 11.6 Å². The van der Waals surface area contributed by atoms with Crippen molar-refractivity contribution in [2.75, 3.05) is 5.32 Å². The molecule has 2 fully saturated rings. The van der Waals surface area contributed by atoms with Crippen molar-refractivity contribution in [3.63, 3.8) is 0 Å². The molecule has 1 unspecified atom stereocenters. The molecule has 2 aromatic heterocycles. The number of allylic oxidation sites excluding steroid dienone is 1. The van der Waals surface area contributed by atoms with Crippen molar-refractivity contribution in [3.8, 4) is 0 Å². The summed E-state index contributed by atoms with van der Waals surface area (Å²) >= 11 is 5.78. The average molecular weight is 440 g/mol. The van der Waals surface area contributed by atoms with E-state index in [1.54, 1.807) is 24.4 Å². The van der Waals surface area contributed by atoms with Crippen molar-refractivity contribution in [2.45, 2.75) is 31.6 Å². The number of carbonyl (C=O) groups is 1. The summed E-state index contributed by atoms with van der Waals surface area (Å²) < 4.78 is 28.6. The molecule has 158 valence electrons. The molecule has 0 saturated heterocycles. The molecule has 2 aliphatic carbocycles. The lowest BCUT2D eigenvalue weighted by Gasteiger charge is -2.15. The van der Waals surface area contributed by atoms with Crippen LogP contribution in [0.5, 0.6) is 0 Å². The van der Waals surface area contributed by atoms with E-state index in [0.717, 1.165) is 29.3 Å². The van der Waals surface area contributed by atoms with Crippen LogP contribution in [0.25, 0.3) is 10.9 Å². The van der Waals surface area contributed by atoms with E-state index in [-0.39, 0.29) is 11.6 Å². The molecule has 0 aliphatic heterocycles. The van der Waals surface area contributed by atoms with Crippen LogP contribution in [-0.4, -0.2) is 15.9 Å². The second kappa shape index (κ2) is 8.00. The predicted molar refractivity (Wildman–Crippen MR) is 116 cm³/mol. The number of aromatic nitrogens is 2. The maximum Gasteiger partial charge on any atom is 0.285 e. The summed E-state index contributed by atoms with van der Waals surface area (Å²) in [5.41, 5.74) is 2.47. The van der Waals surface area contributed by atoms with Crippen molar-refractivity contribution in [1.29, 1.82) is 0 Å². The quantitative estimate of drug-likeness (QED) is 0.495. The highest BCUT2D eigenvalue weighted by molar-refractivity contribution is 6.30. The van der Waals surface area contributed by atoms with E-state index < -0.39 is 11.7 Å². The molecule has 31 heavy (non-hydrogen) atoms. The van der Waals surface area contributed by atoms with Crippen LogP contribution >= 0.6 is 11.6 Å². The number of carbonyl (C=O) groups excluding carboxylic acids is 1. The van der Waals surface area contributed by atoms with Gasteiger partial charge in [0.25, 0.3) is 5.91 Å². The highest BCUT2D eigenvalue weighted by Gasteiger charge is 2.42. The van der Waals surface area contributed by atoms with Crippen LogP contribution in [0.2, 0.25) is 5.02 Å². The van der Waals surface area contributed by atoms with Crippen LogP contribution in [-0.2, 0) is 4.79 Å². The van der Waals surface area contributed by atoms with E-state index in [2.05, 4.69) is 15.3 Å². The lowest BCUT2D eigenvalue weighted by atomic mass is 9.91. The topological polar surface area (TPSA) is 54.9 Å². The Labute approximate surface area is 183 Å². The predicted octanol–water partition coefficient (Wildman–Crippen LogP) is 6.19. The Morgan fingerprint density at radius 2 is 1.84 bits per heavy atom. The summed E-state index contributed by atoms with van der Waals surface area (Å²) in [5.74, 6) is -0.545. The number of anilines is 1. The van der Waals surface area contributed by atoms with Gasteiger partial charge < -0.3 is 5.32 Å². The van der Waals surface area contributed by atoms with Gasteiger partial charge in [-0.15, -0.1) is 0 Å². The Balaban J connectivity index is 1.30. The molecule has 5 rings (SSSR count). The minimum atomic E-state index is -0.767. The van der Waals surface area contributed by atoms with Gasteiger partial charge in [-0.05, 0) is 91.0 Å². The highest BCUT2D eigenvalue weighted by atomic mass is 35.5. The van der Waals surface area contributed by atoms with Gasteiger partial charge in [0.15, 0.2) is 5.83 Å². The molecule has 3 aromatic rings. The average Bonchev–Trinajstić information content (AvgIpc) is 3.33. The van der Waals surface area contributed by atoms with Crippen LogP contribution in [0.3, 0.4) is 0 Å². The molecule has 1 amide bonds. The summed E-state index contributed by atoms with van der Waals surface area (Å²) in [6.07, 6.45) is 6.12. The fourth-order valence-corrected chi connectivity index (χ4v) is 5.25. The van der Waals surface area contributed by atoms with Crippen molar-refractivity contribution in [3.05, 3.63) is 76.6 Å². The molecular weight excluding hydrogens is 420 g/mol. The van der Waals surface area contributed by atoms with Gasteiger partial charge in [0.2, 0.25) is 0 Å². The van der Waals surface area contributed by atoms with Gasteiger partial charge in [0, 0.05) is 17.8 Å². The number of amides is 1. The summed E-state index contributed by atoms with van der Waals surface area (Å²) in [6, 6.07) is 9.77. The number of halogens is 3. The SMILES string of the molecule is O=C(Nc1ccc(Cl)cn1)C(F)=C1C[C@@H]2CC(c3ccnc4ccc(F)cc34)C[C@@H]2C1. The number of nitrogens with one attached hydrogen (secondary N) is 1. The fraction of sp³-hybridized carbons (Fsp3) is 0.292. The van der Waals surface area contributed by atoms with Crippen LogP contribution < -0.4 is 5.32 Å². The molecule has 1 N–H and O–H groups in total. The van der Waals surface area contributed by atoms with Crippen LogP contribution in [0.1, 0.15) is 37.2 Å². The van der Waals surface area contributed by atoms with Crippen molar-refractivity contribution < 1.29 is 13.6 Å². The highest BCUT2D eigenvalue weighted by Crippen LogP contribution is 2.53. The van der Waals surface area contributed by atoms with Gasteiger partial charge in [-0.3, -0.25) is 9.78 Å². The van der Waals surface area contributed by atoms with E-state index in [0.29, 0.717) is 41.2 Å². The first-order chi connectivity index (χ1) is 15.0. The van der Waals surface area contributed by atoms with Crippen molar-refractivity contribution in [1.82, 2.24) is 9.97 Å². The number of rotatable bonds is 3. The standard InChI is InChI=1S/C24H20ClF2N3O/c25-17-1-4-22(29-12-17)30-24(31)23(27)16-9-13-7-15(8-14(13)10-16)19-5-6-28-21-3-2-18(26)11-20(19)21/h1-6,11-15H,7-10H2,(H,29,30,31)/t13-,14+,15?. The van der Waals surface area contributed by atoms with E-state index in [9.17, 15) is 13.6 Å². The van der Waals surface area contributed by atoms with Crippen LogP contribution in [0.15, 0.2) is 60.2 Å². The van der Waals surface area contributed by atoms with Gasteiger partial charge in [-0.2, -0.15) is 0 Å². The molecular formula is C24H20ClF2N3O. The smallest absolute Gasteiger partial charge is 0.285 e. The number of benzene rings is 1. The molecule has 3 atom stereocenters. The molecule has 0 bridgehead atoms. The Morgan fingerprint density at radius 1 is 1.06 bits per heavy atom.